The molecule has 0 aromatic heterocycles. The summed E-state index contributed by atoms with van der Waals surface area (Å²) in [5.41, 5.74) is 0. The maximum absolute atomic E-state index is 9.67. The number of aliphatic hydroxyl groups excluding tert-OH is 1. The summed E-state index contributed by atoms with van der Waals surface area (Å²) in [7, 11) is 2.09. The molecular formula is C11H23NO2. The zero-order chi connectivity index (χ0) is 10.6. The molecule has 14 heavy (non-hydrogen) atoms. The molecule has 1 unspecified atom stereocenters. The number of hydrogen-bond acceptors (Lipinski definition) is 3. The van der Waals surface area contributed by atoms with Crippen LogP contribution in [0.2, 0.25) is 0 Å². The van der Waals surface area contributed by atoms with Crippen molar-refractivity contribution in [3.63, 3.8) is 0 Å². The van der Waals surface area contributed by atoms with E-state index in [2.05, 4.69) is 11.9 Å². The van der Waals surface area contributed by atoms with E-state index < -0.39 is 0 Å². The van der Waals surface area contributed by atoms with Crippen LogP contribution in [0.25, 0.3) is 0 Å². The largest absolute Gasteiger partial charge is 0.389 e. The molecule has 1 saturated carbocycles. The summed E-state index contributed by atoms with van der Waals surface area (Å²) in [6.07, 6.45) is 3.78. The quantitative estimate of drug-likeness (QED) is 0.702. The van der Waals surface area contributed by atoms with Gasteiger partial charge in [-0.3, -0.25) is 0 Å². The highest BCUT2D eigenvalue weighted by atomic mass is 16.5. The molecular weight excluding hydrogens is 178 g/mol. The Kier molecular flexibility index (Phi) is 4.85. The number of hydrogen-bond donors (Lipinski definition) is 1. The van der Waals surface area contributed by atoms with Crippen LogP contribution in [0.15, 0.2) is 0 Å². The Balaban J connectivity index is 2.08. The number of nitrogens with zero attached hydrogens (tertiary/aromatic N) is 1. The van der Waals surface area contributed by atoms with Crippen molar-refractivity contribution in [3.05, 3.63) is 0 Å². The van der Waals surface area contributed by atoms with Gasteiger partial charge in [0, 0.05) is 12.6 Å². The first-order chi connectivity index (χ1) is 6.59. The van der Waals surface area contributed by atoms with Crippen LogP contribution < -0.4 is 0 Å². The second-order valence-electron chi connectivity index (χ2n) is 4.56. The van der Waals surface area contributed by atoms with Crippen molar-refractivity contribution in [2.75, 3.05) is 20.2 Å². The summed E-state index contributed by atoms with van der Waals surface area (Å²) in [6.45, 7) is 5.16. The maximum Gasteiger partial charge on any atom is 0.0900 e. The normalized spacial score (nSPS) is 20.1. The third-order valence-electron chi connectivity index (χ3n) is 2.82. The molecule has 1 N–H and O–H groups in total. The number of ether oxygens (including phenoxy) is 1. The molecule has 0 aromatic carbocycles. The van der Waals surface area contributed by atoms with Gasteiger partial charge in [0.15, 0.2) is 0 Å². The van der Waals surface area contributed by atoms with E-state index in [9.17, 15) is 5.11 Å². The molecule has 1 rings (SSSR count). The SMILES string of the molecule is CC(C)OCC(O)CN(C)C1CCC1. The minimum absolute atomic E-state index is 0.207. The van der Waals surface area contributed by atoms with E-state index in [4.69, 9.17) is 4.74 Å². The molecule has 0 amide bonds. The Morgan fingerprint density at radius 2 is 2.07 bits per heavy atom. The fourth-order valence-electron chi connectivity index (χ4n) is 1.67. The van der Waals surface area contributed by atoms with E-state index in [1.807, 2.05) is 13.8 Å². The van der Waals surface area contributed by atoms with Crippen LogP contribution in [-0.2, 0) is 4.74 Å². The van der Waals surface area contributed by atoms with Gasteiger partial charge in [-0.2, -0.15) is 0 Å². The lowest BCUT2D eigenvalue weighted by molar-refractivity contribution is -0.0149. The standard InChI is InChI=1S/C11H23NO2/c1-9(2)14-8-11(13)7-12(3)10-5-4-6-10/h9-11,13H,4-8H2,1-3H3. The van der Waals surface area contributed by atoms with Gasteiger partial charge in [0.1, 0.15) is 0 Å². The molecule has 1 aliphatic rings. The topological polar surface area (TPSA) is 32.7 Å². The molecule has 0 aliphatic heterocycles. The third kappa shape index (κ3) is 3.95. The zero-order valence-electron chi connectivity index (χ0n) is 9.57. The van der Waals surface area contributed by atoms with Crippen molar-refractivity contribution < 1.29 is 9.84 Å². The molecule has 1 aliphatic carbocycles. The number of rotatable bonds is 6. The van der Waals surface area contributed by atoms with Crippen LogP contribution in [0.1, 0.15) is 33.1 Å². The summed E-state index contributed by atoms with van der Waals surface area (Å²) < 4.78 is 5.36. The fraction of sp³-hybridized carbons (Fsp3) is 1.00. The summed E-state index contributed by atoms with van der Waals surface area (Å²) in [5, 5.41) is 9.67. The third-order valence-corrected chi connectivity index (χ3v) is 2.82. The summed E-state index contributed by atoms with van der Waals surface area (Å²) >= 11 is 0. The van der Waals surface area contributed by atoms with Crippen molar-refractivity contribution >= 4 is 0 Å². The van der Waals surface area contributed by atoms with Crippen LogP contribution in [0, 0.1) is 0 Å². The number of likely N-dealkylation sites (N-methyl/N-ethyl adjacent to an activating group) is 1. The average Bonchev–Trinajstić information content (AvgIpc) is 1.97. The van der Waals surface area contributed by atoms with E-state index in [1.165, 1.54) is 19.3 Å². The first kappa shape index (κ1) is 12.0. The highest BCUT2D eigenvalue weighted by molar-refractivity contribution is 4.79. The lowest BCUT2D eigenvalue weighted by Crippen LogP contribution is -2.42. The molecule has 0 heterocycles. The first-order valence-corrected chi connectivity index (χ1v) is 5.59. The Hall–Kier alpha value is -0.120. The Labute approximate surface area is 87.1 Å². The zero-order valence-corrected chi connectivity index (χ0v) is 9.57. The van der Waals surface area contributed by atoms with E-state index >= 15 is 0 Å². The molecule has 84 valence electrons. The Morgan fingerprint density at radius 3 is 2.50 bits per heavy atom. The fourth-order valence-corrected chi connectivity index (χ4v) is 1.67. The van der Waals surface area contributed by atoms with Crippen molar-refractivity contribution in [1.29, 1.82) is 0 Å². The second-order valence-corrected chi connectivity index (χ2v) is 4.56. The lowest BCUT2D eigenvalue weighted by atomic mass is 9.92. The van der Waals surface area contributed by atoms with Crippen LogP contribution in [0.5, 0.6) is 0 Å². The number of aliphatic hydroxyl groups is 1. The Morgan fingerprint density at radius 1 is 1.43 bits per heavy atom. The van der Waals surface area contributed by atoms with Crippen molar-refractivity contribution in [3.8, 4) is 0 Å². The van der Waals surface area contributed by atoms with Gasteiger partial charge < -0.3 is 14.7 Å². The summed E-state index contributed by atoms with van der Waals surface area (Å²) in [6, 6.07) is 0.698. The van der Waals surface area contributed by atoms with Gasteiger partial charge in [-0.05, 0) is 33.7 Å². The maximum atomic E-state index is 9.67. The van der Waals surface area contributed by atoms with E-state index in [0.29, 0.717) is 12.6 Å². The monoisotopic (exact) mass is 201 g/mol. The van der Waals surface area contributed by atoms with Crippen LogP contribution >= 0.6 is 0 Å². The van der Waals surface area contributed by atoms with Gasteiger partial charge in [-0.15, -0.1) is 0 Å². The van der Waals surface area contributed by atoms with Crippen LogP contribution in [0.3, 0.4) is 0 Å². The Bertz CT molecular complexity index is 157. The van der Waals surface area contributed by atoms with Gasteiger partial charge in [0.2, 0.25) is 0 Å². The highest BCUT2D eigenvalue weighted by Gasteiger charge is 2.23. The molecule has 0 aromatic rings. The first-order valence-electron chi connectivity index (χ1n) is 5.59. The van der Waals surface area contributed by atoms with E-state index in [-0.39, 0.29) is 12.2 Å². The molecule has 3 nitrogen and oxygen atoms in total. The van der Waals surface area contributed by atoms with E-state index in [1.54, 1.807) is 0 Å². The van der Waals surface area contributed by atoms with Crippen molar-refractivity contribution in [2.45, 2.75) is 51.4 Å². The molecule has 0 radical (unpaired) electrons. The average molecular weight is 201 g/mol. The van der Waals surface area contributed by atoms with E-state index in [0.717, 1.165) is 6.54 Å². The van der Waals surface area contributed by atoms with Gasteiger partial charge in [-0.1, -0.05) is 6.42 Å². The molecule has 1 fully saturated rings. The predicted octanol–water partition coefficient (Wildman–Crippen LogP) is 1.26. The predicted molar refractivity (Wildman–Crippen MR) is 57.4 cm³/mol. The van der Waals surface area contributed by atoms with Gasteiger partial charge in [-0.25, -0.2) is 0 Å². The molecule has 0 spiro atoms. The van der Waals surface area contributed by atoms with Crippen molar-refractivity contribution in [1.82, 2.24) is 4.90 Å². The smallest absolute Gasteiger partial charge is 0.0900 e. The second kappa shape index (κ2) is 5.69. The van der Waals surface area contributed by atoms with Gasteiger partial charge in [0.25, 0.3) is 0 Å². The highest BCUT2D eigenvalue weighted by Crippen LogP contribution is 2.23. The molecule has 3 heteroatoms. The molecule has 1 atom stereocenters. The van der Waals surface area contributed by atoms with Gasteiger partial charge in [0.05, 0.1) is 18.8 Å². The summed E-state index contributed by atoms with van der Waals surface area (Å²) in [4.78, 5) is 2.25. The minimum atomic E-state index is -0.344. The van der Waals surface area contributed by atoms with Crippen molar-refractivity contribution in [2.24, 2.45) is 0 Å². The van der Waals surface area contributed by atoms with Crippen LogP contribution in [-0.4, -0.2) is 48.5 Å². The minimum Gasteiger partial charge on any atom is -0.389 e. The lowest BCUT2D eigenvalue weighted by Gasteiger charge is -2.35. The summed E-state index contributed by atoms with van der Waals surface area (Å²) in [5.74, 6) is 0. The van der Waals surface area contributed by atoms with Gasteiger partial charge >= 0.3 is 0 Å². The molecule has 0 bridgehead atoms. The van der Waals surface area contributed by atoms with Crippen LogP contribution in [0.4, 0.5) is 0 Å². The molecule has 0 saturated heterocycles.